The number of carbonyl (C=O) groups is 1. The summed E-state index contributed by atoms with van der Waals surface area (Å²) in [6.07, 6.45) is -0.677. The molecule has 116 valence electrons. The second kappa shape index (κ2) is 7.04. The zero-order chi connectivity index (χ0) is 16.0. The molecule has 1 amide bonds. The molecule has 0 unspecified atom stereocenters. The van der Waals surface area contributed by atoms with Crippen molar-refractivity contribution in [3.8, 4) is 0 Å². The van der Waals surface area contributed by atoms with Crippen molar-refractivity contribution in [2.75, 3.05) is 5.32 Å². The quantitative estimate of drug-likeness (QED) is 0.857. The van der Waals surface area contributed by atoms with E-state index in [1.807, 2.05) is 30.3 Å². The van der Waals surface area contributed by atoms with E-state index in [0.717, 1.165) is 5.56 Å². The van der Waals surface area contributed by atoms with E-state index in [1.54, 1.807) is 6.07 Å². The topological polar surface area (TPSA) is 72.5 Å². The molecule has 0 aromatic heterocycles. The summed E-state index contributed by atoms with van der Waals surface area (Å²) < 4.78 is 38.9. The molecule has 0 radical (unpaired) electrons. The fourth-order valence-electron chi connectivity index (χ4n) is 1.81. The molecule has 0 aliphatic heterocycles. The van der Waals surface area contributed by atoms with Gasteiger partial charge in [0.1, 0.15) is 12.4 Å². The zero-order valence-electron chi connectivity index (χ0n) is 11.5. The standard InChI is InChI=1S/C15H14FNO4S/c16-22(19,20)11-13-7-4-8-14(9-13)17-15(18)21-10-12-5-2-1-3-6-12/h1-9H,10-11H2,(H,17,18). The molecule has 0 atom stereocenters. The Labute approximate surface area is 127 Å². The maximum atomic E-state index is 12.6. The van der Waals surface area contributed by atoms with Gasteiger partial charge in [0.05, 0.1) is 0 Å². The van der Waals surface area contributed by atoms with Crippen molar-refractivity contribution in [3.63, 3.8) is 0 Å². The van der Waals surface area contributed by atoms with Crippen molar-refractivity contribution < 1.29 is 21.8 Å². The molecular formula is C15H14FNO4S. The van der Waals surface area contributed by atoms with Gasteiger partial charge < -0.3 is 4.74 Å². The fourth-order valence-corrected chi connectivity index (χ4v) is 2.39. The van der Waals surface area contributed by atoms with Crippen molar-refractivity contribution in [2.45, 2.75) is 12.4 Å². The molecule has 0 aliphatic rings. The predicted molar refractivity (Wildman–Crippen MR) is 80.4 cm³/mol. The van der Waals surface area contributed by atoms with Crippen molar-refractivity contribution in [2.24, 2.45) is 0 Å². The first-order valence-electron chi connectivity index (χ1n) is 6.41. The minimum atomic E-state index is -4.61. The third-order valence-electron chi connectivity index (χ3n) is 2.73. The highest BCUT2D eigenvalue weighted by Crippen LogP contribution is 2.14. The molecule has 0 bridgehead atoms. The molecule has 0 saturated heterocycles. The SMILES string of the molecule is O=C(Nc1cccc(CS(=O)(=O)F)c1)OCc1ccccc1. The van der Waals surface area contributed by atoms with Crippen LogP contribution in [-0.2, 0) is 27.3 Å². The van der Waals surface area contributed by atoms with Gasteiger partial charge in [0, 0.05) is 5.69 Å². The van der Waals surface area contributed by atoms with Crippen LogP contribution in [0.25, 0.3) is 0 Å². The summed E-state index contributed by atoms with van der Waals surface area (Å²) in [5, 5.41) is 2.46. The summed E-state index contributed by atoms with van der Waals surface area (Å²) >= 11 is 0. The summed E-state index contributed by atoms with van der Waals surface area (Å²) in [6, 6.07) is 15.1. The predicted octanol–water partition coefficient (Wildman–Crippen LogP) is 3.23. The maximum absolute atomic E-state index is 12.6. The van der Waals surface area contributed by atoms with Crippen LogP contribution >= 0.6 is 0 Å². The van der Waals surface area contributed by atoms with Crippen molar-refractivity contribution >= 4 is 22.0 Å². The largest absolute Gasteiger partial charge is 0.444 e. The van der Waals surface area contributed by atoms with E-state index in [-0.39, 0.29) is 12.2 Å². The lowest BCUT2D eigenvalue weighted by Gasteiger charge is -2.08. The van der Waals surface area contributed by atoms with Crippen LogP contribution in [0.5, 0.6) is 0 Å². The fraction of sp³-hybridized carbons (Fsp3) is 0.133. The molecule has 7 heteroatoms. The molecule has 0 aliphatic carbocycles. The summed E-state index contributed by atoms with van der Waals surface area (Å²) in [7, 11) is -4.61. The Morgan fingerprint density at radius 3 is 2.41 bits per heavy atom. The van der Waals surface area contributed by atoms with E-state index in [4.69, 9.17) is 4.74 Å². The normalized spacial score (nSPS) is 11.0. The van der Waals surface area contributed by atoms with Crippen LogP contribution in [0.15, 0.2) is 54.6 Å². The molecule has 1 N–H and O–H groups in total. The third kappa shape index (κ3) is 5.53. The van der Waals surface area contributed by atoms with Gasteiger partial charge in [-0.15, -0.1) is 3.89 Å². The minimum absolute atomic E-state index is 0.116. The molecular weight excluding hydrogens is 309 g/mol. The number of halogens is 1. The van der Waals surface area contributed by atoms with Crippen LogP contribution in [-0.4, -0.2) is 14.5 Å². The molecule has 22 heavy (non-hydrogen) atoms. The lowest BCUT2D eigenvalue weighted by molar-refractivity contribution is 0.155. The molecule has 2 aromatic rings. The number of hydrogen-bond donors (Lipinski definition) is 1. The van der Waals surface area contributed by atoms with E-state index in [0.29, 0.717) is 5.69 Å². The van der Waals surface area contributed by atoms with Crippen molar-refractivity contribution in [3.05, 3.63) is 65.7 Å². The number of ether oxygens (including phenoxy) is 1. The Bertz CT molecular complexity index is 747. The van der Waals surface area contributed by atoms with Crippen LogP contribution in [0.2, 0.25) is 0 Å². The van der Waals surface area contributed by atoms with E-state index in [2.05, 4.69) is 5.32 Å². The first kappa shape index (κ1) is 16.0. The Balaban J connectivity index is 1.93. The summed E-state index contributed by atoms with van der Waals surface area (Å²) in [4.78, 5) is 11.7. The maximum Gasteiger partial charge on any atom is 0.411 e. The van der Waals surface area contributed by atoms with E-state index in [9.17, 15) is 17.1 Å². The Morgan fingerprint density at radius 1 is 1.05 bits per heavy atom. The van der Waals surface area contributed by atoms with Gasteiger partial charge in [-0.05, 0) is 23.3 Å². The lowest BCUT2D eigenvalue weighted by Crippen LogP contribution is -2.13. The molecule has 0 spiro atoms. The van der Waals surface area contributed by atoms with Crippen LogP contribution < -0.4 is 5.32 Å². The van der Waals surface area contributed by atoms with E-state index >= 15 is 0 Å². The van der Waals surface area contributed by atoms with Gasteiger partial charge >= 0.3 is 16.3 Å². The molecule has 0 heterocycles. The van der Waals surface area contributed by atoms with Crippen molar-refractivity contribution in [1.29, 1.82) is 0 Å². The Morgan fingerprint density at radius 2 is 1.73 bits per heavy atom. The number of nitrogens with one attached hydrogen (secondary N) is 1. The van der Waals surface area contributed by atoms with Gasteiger partial charge in [-0.1, -0.05) is 42.5 Å². The number of benzene rings is 2. The monoisotopic (exact) mass is 323 g/mol. The molecule has 0 fully saturated rings. The second-order valence-corrected chi connectivity index (χ2v) is 5.94. The van der Waals surface area contributed by atoms with Crippen LogP contribution in [0.4, 0.5) is 14.4 Å². The lowest BCUT2D eigenvalue weighted by atomic mass is 10.2. The molecule has 2 rings (SSSR count). The van der Waals surface area contributed by atoms with E-state index in [1.165, 1.54) is 18.2 Å². The first-order valence-corrected chi connectivity index (χ1v) is 7.97. The smallest absolute Gasteiger partial charge is 0.411 e. The number of amides is 1. The van der Waals surface area contributed by atoms with Gasteiger partial charge in [0.2, 0.25) is 0 Å². The average molecular weight is 323 g/mol. The average Bonchev–Trinajstić information content (AvgIpc) is 2.45. The van der Waals surface area contributed by atoms with Gasteiger partial charge in [-0.2, -0.15) is 8.42 Å². The van der Waals surface area contributed by atoms with E-state index < -0.39 is 22.1 Å². The third-order valence-corrected chi connectivity index (χ3v) is 3.40. The van der Waals surface area contributed by atoms with Gasteiger partial charge in [-0.3, -0.25) is 5.32 Å². The zero-order valence-corrected chi connectivity index (χ0v) is 12.3. The summed E-state index contributed by atoms with van der Waals surface area (Å²) in [5.74, 6) is -0.735. The summed E-state index contributed by atoms with van der Waals surface area (Å²) in [6.45, 7) is 0.116. The highest BCUT2D eigenvalue weighted by Gasteiger charge is 2.10. The van der Waals surface area contributed by atoms with Gasteiger partial charge in [-0.25, -0.2) is 4.79 Å². The second-order valence-electron chi connectivity index (χ2n) is 4.57. The number of anilines is 1. The highest BCUT2D eigenvalue weighted by atomic mass is 32.3. The van der Waals surface area contributed by atoms with Crippen LogP contribution in [0, 0.1) is 0 Å². The van der Waals surface area contributed by atoms with Crippen LogP contribution in [0.1, 0.15) is 11.1 Å². The molecule has 0 saturated carbocycles. The van der Waals surface area contributed by atoms with Crippen molar-refractivity contribution in [1.82, 2.24) is 0 Å². The van der Waals surface area contributed by atoms with Crippen LogP contribution in [0.3, 0.4) is 0 Å². The number of rotatable bonds is 5. The Hall–Kier alpha value is -2.41. The first-order chi connectivity index (χ1) is 10.4. The summed E-state index contributed by atoms with van der Waals surface area (Å²) in [5.41, 5.74) is 1.41. The highest BCUT2D eigenvalue weighted by molar-refractivity contribution is 7.85. The number of hydrogen-bond acceptors (Lipinski definition) is 4. The molecule has 2 aromatic carbocycles. The number of carbonyl (C=O) groups excluding carboxylic acids is 1. The van der Waals surface area contributed by atoms with Gasteiger partial charge in [0.25, 0.3) is 0 Å². The minimum Gasteiger partial charge on any atom is -0.444 e. The Kier molecular flexibility index (Phi) is 5.11. The molecule has 5 nitrogen and oxygen atoms in total. The van der Waals surface area contributed by atoms with Gasteiger partial charge in [0.15, 0.2) is 0 Å².